The Morgan fingerprint density at radius 2 is 2.07 bits per heavy atom. The van der Waals surface area contributed by atoms with E-state index in [2.05, 4.69) is 52.0 Å². The molecule has 0 spiro atoms. The van der Waals surface area contributed by atoms with Gasteiger partial charge in [-0.15, -0.1) is 5.10 Å². The lowest BCUT2D eigenvalue weighted by Gasteiger charge is -2.34. The first-order valence-corrected chi connectivity index (χ1v) is 6.71. The number of aromatic nitrogens is 4. The van der Waals surface area contributed by atoms with E-state index in [1.807, 2.05) is 4.68 Å². The molecule has 1 aliphatic rings. The molecule has 0 saturated heterocycles. The van der Waals surface area contributed by atoms with E-state index in [0.717, 1.165) is 15.7 Å². The fourth-order valence-electron chi connectivity index (χ4n) is 2.61. The molecule has 0 aliphatic heterocycles. The molecule has 84 valence electrons. The van der Waals surface area contributed by atoms with Crippen molar-refractivity contribution in [2.75, 3.05) is 0 Å². The van der Waals surface area contributed by atoms with Crippen LogP contribution in [0, 0.1) is 15.7 Å². The number of halogens is 1. The van der Waals surface area contributed by atoms with Crippen molar-refractivity contribution in [3.8, 4) is 0 Å². The van der Waals surface area contributed by atoms with Gasteiger partial charge in [0.2, 0.25) is 3.83 Å². The minimum absolute atomic E-state index is 0.514. The zero-order chi connectivity index (χ0) is 10.8. The second-order valence-electron chi connectivity index (χ2n) is 4.65. The van der Waals surface area contributed by atoms with Crippen molar-refractivity contribution in [3.63, 3.8) is 0 Å². The number of rotatable bonds is 2. The summed E-state index contributed by atoms with van der Waals surface area (Å²) >= 11 is 2.22. The van der Waals surface area contributed by atoms with E-state index in [9.17, 15) is 0 Å². The molecule has 0 aromatic carbocycles. The third kappa shape index (κ3) is 2.32. The molecule has 0 bridgehead atoms. The predicted molar refractivity (Wildman–Crippen MR) is 66.4 cm³/mol. The van der Waals surface area contributed by atoms with Crippen LogP contribution in [0.2, 0.25) is 0 Å². The van der Waals surface area contributed by atoms with Gasteiger partial charge in [0.1, 0.15) is 0 Å². The van der Waals surface area contributed by atoms with Gasteiger partial charge in [-0.05, 0) is 35.1 Å². The molecule has 0 N–H and O–H groups in total. The van der Waals surface area contributed by atoms with Crippen LogP contribution in [0.5, 0.6) is 0 Å². The first-order chi connectivity index (χ1) is 7.20. The van der Waals surface area contributed by atoms with Crippen LogP contribution in [0.15, 0.2) is 0 Å². The van der Waals surface area contributed by atoms with E-state index in [0.29, 0.717) is 6.04 Å². The van der Waals surface area contributed by atoms with Crippen molar-refractivity contribution in [1.29, 1.82) is 0 Å². The van der Waals surface area contributed by atoms with Crippen molar-refractivity contribution in [2.45, 2.75) is 45.6 Å². The van der Waals surface area contributed by atoms with E-state index in [1.54, 1.807) is 0 Å². The maximum absolute atomic E-state index is 4.12. The molecule has 2 rings (SSSR count). The summed E-state index contributed by atoms with van der Waals surface area (Å²) in [7, 11) is 0. The number of nitrogens with zero attached hydrogens (tertiary/aromatic N) is 4. The second-order valence-corrected chi connectivity index (χ2v) is 5.62. The fraction of sp³-hybridized carbons (Fsp3) is 0.900. The average molecular weight is 320 g/mol. The number of tetrazole rings is 1. The summed E-state index contributed by atoms with van der Waals surface area (Å²) in [5, 5.41) is 11.8. The minimum atomic E-state index is 0.514. The summed E-state index contributed by atoms with van der Waals surface area (Å²) in [6.07, 6.45) is 5.21. The molecule has 0 amide bonds. The Hall–Kier alpha value is -0.200. The third-order valence-corrected chi connectivity index (χ3v) is 4.11. The summed E-state index contributed by atoms with van der Waals surface area (Å²) in [6, 6.07) is 0.514. The Morgan fingerprint density at radius 3 is 2.67 bits per heavy atom. The standard InChI is InChI=1S/C10H17IN4/c1-7(2)8-5-3-4-6-9(8)15-10(11)12-13-14-15/h7-9H,3-6H2,1-2H3. The van der Waals surface area contributed by atoms with Crippen LogP contribution in [0.3, 0.4) is 0 Å². The van der Waals surface area contributed by atoms with Crippen molar-refractivity contribution in [1.82, 2.24) is 20.2 Å². The summed E-state index contributed by atoms with van der Waals surface area (Å²) < 4.78 is 2.94. The van der Waals surface area contributed by atoms with Gasteiger partial charge in [-0.25, -0.2) is 4.68 Å². The van der Waals surface area contributed by atoms with Crippen LogP contribution in [0.4, 0.5) is 0 Å². The predicted octanol–water partition coefficient (Wildman–Crippen LogP) is 2.67. The van der Waals surface area contributed by atoms with Gasteiger partial charge in [-0.1, -0.05) is 26.7 Å². The minimum Gasteiger partial charge on any atom is -0.217 e. The Kier molecular flexibility index (Phi) is 3.58. The van der Waals surface area contributed by atoms with E-state index in [1.165, 1.54) is 25.7 Å². The van der Waals surface area contributed by atoms with E-state index < -0.39 is 0 Å². The van der Waals surface area contributed by atoms with Gasteiger partial charge in [0.25, 0.3) is 0 Å². The van der Waals surface area contributed by atoms with Gasteiger partial charge in [-0.2, -0.15) is 0 Å². The van der Waals surface area contributed by atoms with Crippen LogP contribution in [0.25, 0.3) is 0 Å². The fourth-order valence-corrected chi connectivity index (χ4v) is 3.16. The average Bonchev–Trinajstić information content (AvgIpc) is 2.64. The summed E-state index contributed by atoms with van der Waals surface area (Å²) in [4.78, 5) is 0. The SMILES string of the molecule is CC(C)C1CCCCC1n1nnnc1I. The lowest BCUT2D eigenvalue weighted by molar-refractivity contribution is 0.168. The zero-order valence-corrected chi connectivity index (χ0v) is 11.4. The molecule has 2 atom stereocenters. The Labute approximate surface area is 104 Å². The van der Waals surface area contributed by atoms with Crippen LogP contribution in [-0.2, 0) is 0 Å². The topological polar surface area (TPSA) is 43.6 Å². The normalized spacial score (nSPS) is 27.2. The van der Waals surface area contributed by atoms with Crippen LogP contribution in [-0.4, -0.2) is 20.2 Å². The van der Waals surface area contributed by atoms with Gasteiger partial charge in [-0.3, -0.25) is 0 Å². The highest BCUT2D eigenvalue weighted by Crippen LogP contribution is 2.38. The first-order valence-electron chi connectivity index (χ1n) is 5.63. The van der Waals surface area contributed by atoms with Gasteiger partial charge in [0.15, 0.2) is 0 Å². The zero-order valence-electron chi connectivity index (χ0n) is 9.23. The summed E-state index contributed by atoms with van der Waals surface area (Å²) in [5.41, 5.74) is 0. The first kappa shape index (κ1) is 11.3. The summed E-state index contributed by atoms with van der Waals surface area (Å²) in [6.45, 7) is 4.61. The maximum Gasteiger partial charge on any atom is 0.212 e. The van der Waals surface area contributed by atoms with Crippen LogP contribution < -0.4 is 0 Å². The third-order valence-electron chi connectivity index (χ3n) is 3.40. The van der Waals surface area contributed by atoms with E-state index in [4.69, 9.17) is 0 Å². The van der Waals surface area contributed by atoms with Crippen molar-refractivity contribution >= 4 is 22.6 Å². The Morgan fingerprint density at radius 1 is 1.33 bits per heavy atom. The molecular weight excluding hydrogens is 303 g/mol. The molecule has 0 radical (unpaired) electrons. The van der Waals surface area contributed by atoms with Crippen molar-refractivity contribution in [3.05, 3.63) is 3.83 Å². The molecule has 1 aromatic heterocycles. The van der Waals surface area contributed by atoms with E-state index in [-0.39, 0.29) is 0 Å². The van der Waals surface area contributed by atoms with Crippen molar-refractivity contribution in [2.24, 2.45) is 11.8 Å². The van der Waals surface area contributed by atoms with Gasteiger partial charge >= 0.3 is 0 Å². The quantitative estimate of drug-likeness (QED) is 0.787. The van der Waals surface area contributed by atoms with Crippen LogP contribution >= 0.6 is 22.6 Å². The molecule has 15 heavy (non-hydrogen) atoms. The highest BCUT2D eigenvalue weighted by molar-refractivity contribution is 14.1. The van der Waals surface area contributed by atoms with Crippen molar-refractivity contribution < 1.29 is 0 Å². The molecule has 4 nitrogen and oxygen atoms in total. The smallest absolute Gasteiger partial charge is 0.212 e. The molecular formula is C10H17IN4. The number of hydrogen-bond donors (Lipinski definition) is 0. The molecule has 5 heteroatoms. The Balaban J connectivity index is 2.21. The lowest BCUT2D eigenvalue weighted by atomic mass is 9.78. The van der Waals surface area contributed by atoms with Gasteiger partial charge in [0, 0.05) is 22.6 Å². The maximum atomic E-state index is 4.12. The molecule has 1 heterocycles. The molecule has 1 fully saturated rings. The molecule has 1 saturated carbocycles. The Bertz CT molecular complexity index is 323. The molecule has 2 unspecified atom stereocenters. The monoisotopic (exact) mass is 320 g/mol. The number of hydrogen-bond acceptors (Lipinski definition) is 3. The van der Waals surface area contributed by atoms with Crippen LogP contribution in [0.1, 0.15) is 45.6 Å². The highest BCUT2D eigenvalue weighted by atomic mass is 127. The van der Waals surface area contributed by atoms with E-state index >= 15 is 0 Å². The van der Waals surface area contributed by atoms with Gasteiger partial charge < -0.3 is 0 Å². The molecule has 1 aliphatic carbocycles. The second kappa shape index (κ2) is 4.76. The lowest BCUT2D eigenvalue weighted by Crippen LogP contribution is -2.28. The highest BCUT2D eigenvalue weighted by Gasteiger charge is 2.30. The van der Waals surface area contributed by atoms with Gasteiger partial charge in [0.05, 0.1) is 6.04 Å². The largest absolute Gasteiger partial charge is 0.217 e. The summed E-state index contributed by atoms with van der Waals surface area (Å²) in [5.74, 6) is 1.45. The molecule has 1 aromatic rings.